The summed E-state index contributed by atoms with van der Waals surface area (Å²) in [5.41, 5.74) is 7.13. The Bertz CT molecular complexity index is 393. The van der Waals surface area contributed by atoms with Gasteiger partial charge in [-0.3, -0.25) is 9.58 Å². The lowest BCUT2D eigenvalue weighted by Crippen LogP contribution is -2.55. The van der Waals surface area contributed by atoms with Gasteiger partial charge in [0.05, 0.1) is 36.2 Å². The predicted molar refractivity (Wildman–Crippen MR) is 71.6 cm³/mol. The number of nitrogens with zero attached hydrogens (tertiary/aromatic N) is 3. The summed E-state index contributed by atoms with van der Waals surface area (Å²) in [5.74, 6) is 0. The minimum absolute atomic E-state index is 0.179. The zero-order valence-corrected chi connectivity index (χ0v) is 11.9. The van der Waals surface area contributed by atoms with E-state index in [1.165, 1.54) is 0 Å². The lowest BCUT2D eigenvalue weighted by molar-refractivity contribution is -0.0198. The van der Waals surface area contributed by atoms with Gasteiger partial charge in [0.2, 0.25) is 0 Å². The molecule has 1 fully saturated rings. The molecule has 0 saturated carbocycles. The Labute approximate surface area is 113 Å². The molecule has 1 saturated heterocycles. The maximum absolute atomic E-state index is 6.42. The van der Waals surface area contributed by atoms with E-state index in [-0.39, 0.29) is 11.6 Å². The number of ether oxygens (including phenoxy) is 1. The van der Waals surface area contributed by atoms with Crippen LogP contribution in [0.15, 0.2) is 6.20 Å². The Morgan fingerprint density at radius 2 is 2.06 bits per heavy atom. The summed E-state index contributed by atoms with van der Waals surface area (Å²) in [6, 6.07) is -0.185. The van der Waals surface area contributed by atoms with Gasteiger partial charge in [0.25, 0.3) is 0 Å². The normalized spacial score (nSPS) is 20.1. The summed E-state index contributed by atoms with van der Waals surface area (Å²) < 4.78 is 7.15. The fourth-order valence-electron chi connectivity index (χ4n) is 2.44. The van der Waals surface area contributed by atoms with Crippen LogP contribution in [-0.2, 0) is 11.8 Å². The summed E-state index contributed by atoms with van der Waals surface area (Å²) in [6.07, 6.45) is 1.64. The second-order valence-corrected chi connectivity index (χ2v) is 5.64. The first kappa shape index (κ1) is 13.8. The number of nitrogens with two attached hydrogens (primary N) is 1. The largest absolute Gasteiger partial charge is 0.379 e. The van der Waals surface area contributed by atoms with E-state index in [9.17, 15) is 0 Å². The lowest BCUT2D eigenvalue weighted by Gasteiger charge is -2.44. The van der Waals surface area contributed by atoms with Gasteiger partial charge in [0, 0.05) is 25.7 Å². The van der Waals surface area contributed by atoms with Crippen LogP contribution in [0.5, 0.6) is 0 Å². The summed E-state index contributed by atoms with van der Waals surface area (Å²) in [7, 11) is 1.87. The Morgan fingerprint density at radius 1 is 1.44 bits per heavy atom. The van der Waals surface area contributed by atoms with Crippen LogP contribution < -0.4 is 5.73 Å². The maximum atomic E-state index is 6.42. The van der Waals surface area contributed by atoms with Crippen LogP contribution in [0.3, 0.4) is 0 Å². The van der Waals surface area contributed by atoms with Crippen LogP contribution >= 0.6 is 11.6 Å². The average molecular weight is 273 g/mol. The van der Waals surface area contributed by atoms with Crippen LogP contribution in [0.4, 0.5) is 0 Å². The van der Waals surface area contributed by atoms with E-state index >= 15 is 0 Å². The molecule has 0 amide bonds. The first-order valence-electron chi connectivity index (χ1n) is 6.20. The maximum Gasteiger partial charge on any atom is 0.0834 e. The van der Waals surface area contributed by atoms with Crippen LogP contribution in [0.25, 0.3) is 0 Å². The van der Waals surface area contributed by atoms with E-state index in [1.54, 1.807) is 10.9 Å². The molecule has 5 nitrogen and oxygen atoms in total. The summed E-state index contributed by atoms with van der Waals surface area (Å²) in [6.45, 7) is 7.61. The van der Waals surface area contributed by atoms with Gasteiger partial charge in [-0.1, -0.05) is 11.6 Å². The molecule has 18 heavy (non-hydrogen) atoms. The quantitative estimate of drug-likeness (QED) is 0.898. The Morgan fingerprint density at radius 3 is 2.56 bits per heavy atom. The second-order valence-electron chi connectivity index (χ2n) is 5.23. The lowest BCUT2D eigenvalue weighted by atomic mass is 9.90. The fraction of sp³-hybridized carbons (Fsp3) is 0.750. The summed E-state index contributed by atoms with van der Waals surface area (Å²) in [4.78, 5) is 2.35. The smallest absolute Gasteiger partial charge is 0.0834 e. The van der Waals surface area contributed by atoms with Crippen molar-refractivity contribution >= 4 is 11.6 Å². The highest BCUT2D eigenvalue weighted by Crippen LogP contribution is 2.32. The van der Waals surface area contributed by atoms with E-state index in [4.69, 9.17) is 22.1 Å². The van der Waals surface area contributed by atoms with E-state index in [0.29, 0.717) is 5.02 Å². The Kier molecular flexibility index (Phi) is 3.96. The first-order chi connectivity index (χ1) is 8.44. The minimum Gasteiger partial charge on any atom is -0.379 e. The molecule has 1 atom stereocenters. The number of hydrogen-bond acceptors (Lipinski definition) is 4. The molecule has 0 aliphatic carbocycles. The minimum atomic E-state index is -0.185. The van der Waals surface area contributed by atoms with Crippen molar-refractivity contribution in [1.82, 2.24) is 14.7 Å². The standard InChI is InChI=1S/C12H21ClN4O/c1-12(2,17-4-6-18-7-5-17)11(14)10-9(13)8-15-16(10)3/h8,11H,4-7,14H2,1-3H3. The SMILES string of the molecule is Cn1ncc(Cl)c1C(N)C(C)(C)N1CCOCC1. The number of halogens is 1. The van der Waals surface area contributed by atoms with Gasteiger partial charge in [-0.2, -0.15) is 5.10 Å². The monoisotopic (exact) mass is 272 g/mol. The van der Waals surface area contributed by atoms with Crippen LogP contribution in [0.2, 0.25) is 5.02 Å². The first-order valence-corrected chi connectivity index (χ1v) is 6.58. The number of hydrogen-bond donors (Lipinski definition) is 1. The molecular weight excluding hydrogens is 252 g/mol. The van der Waals surface area contributed by atoms with Crippen molar-refractivity contribution in [2.24, 2.45) is 12.8 Å². The van der Waals surface area contributed by atoms with Crippen LogP contribution in [-0.4, -0.2) is 46.5 Å². The van der Waals surface area contributed by atoms with E-state index in [0.717, 1.165) is 32.0 Å². The highest BCUT2D eigenvalue weighted by molar-refractivity contribution is 6.31. The topological polar surface area (TPSA) is 56.3 Å². The summed E-state index contributed by atoms with van der Waals surface area (Å²) in [5, 5.41) is 4.79. The van der Waals surface area contributed by atoms with Gasteiger partial charge in [0.1, 0.15) is 0 Å². The zero-order valence-electron chi connectivity index (χ0n) is 11.2. The van der Waals surface area contributed by atoms with Crippen molar-refractivity contribution in [1.29, 1.82) is 0 Å². The molecule has 1 aromatic rings. The van der Waals surface area contributed by atoms with Gasteiger partial charge in [-0.15, -0.1) is 0 Å². The molecule has 2 N–H and O–H groups in total. The summed E-state index contributed by atoms with van der Waals surface area (Å²) >= 11 is 6.18. The van der Waals surface area contributed by atoms with Gasteiger partial charge in [-0.05, 0) is 13.8 Å². The molecule has 1 aromatic heterocycles. The molecular formula is C12H21ClN4O. The number of aryl methyl sites for hydroxylation is 1. The van der Waals surface area contributed by atoms with E-state index in [1.807, 2.05) is 7.05 Å². The number of morpholine rings is 1. The Balaban J connectivity index is 2.23. The molecule has 1 aliphatic rings. The number of aromatic nitrogens is 2. The molecule has 2 rings (SSSR count). The molecule has 2 heterocycles. The molecule has 102 valence electrons. The van der Waals surface area contributed by atoms with Crippen molar-refractivity contribution in [3.05, 3.63) is 16.9 Å². The second kappa shape index (κ2) is 5.17. The van der Waals surface area contributed by atoms with Crippen molar-refractivity contribution in [2.45, 2.75) is 25.4 Å². The van der Waals surface area contributed by atoms with Gasteiger partial charge in [0.15, 0.2) is 0 Å². The molecule has 1 aliphatic heterocycles. The van der Waals surface area contributed by atoms with Crippen molar-refractivity contribution in [2.75, 3.05) is 26.3 Å². The van der Waals surface area contributed by atoms with Gasteiger partial charge < -0.3 is 10.5 Å². The predicted octanol–water partition coefficient (Wildman–Crippen LogP) is 1.18. The third-order valence-electron chi connectivity index (χ3n) is 3.82. The number of rotatable bonds is 3. The average Bonchev–Trinajstić information content (AvgIpc) is 2.69. The van der Waals surface area contributed by atoms with Gasteiger partial charge in [-0.25, -0.2) is 0 Å². The molecule has 0 bridgehead atoms. The molecule has 0 radical (unpaired) electrons. The van der Waals surface area contributed by atoms with Crippen LogP contribution in [0.1, 0.15) is 25.6 Å². The third-order valence-corrected chi connectivity index (χ3v) is 4.11. The molecule has 6 heteroatoms. The van der Waals surface area contributed by atoms with Gasteiger partial charge >= 0.3 is 0 Å². The third kappa shape index (κ3) is 2.40. The highest BCUT2D eigenvalue weighted by Gasteiger charge is 2.37. The molecule has 0 aromatic carbocycles. The Hall–Kier alpha value is -0.620. The molecule has 0 spiro atoms. The van der Waals surface area contributed by atoms with E-state index < -0.39 is 0 Å². The molecule has 1 unspecified atom stereocenters. The van der Waals surface area contributed by atoms with E-state index in [2.05, 4.69) is 23.8 Å². The highest BCUT2D eigenvalue weighted by atomic mass is 35.5. The van der Waals surface area contributed by atoms with Crippen molar-refractivity contribution < 1.29 is 4.74 Å². The van der Waals surface area contributed by atoms with Crippen molar-refractivity contribution in [3.63, 3.8) is 0 Å². The van der Waals surface area contributed by atoms with Crippen molar-refractivity contribution in [3.8, 4) is 0 Å². The van der Waals surface area contributed by atoms with Crippen LogP contribution in [0, 0.1) is 0 Å². The zero-order chi connectivity index (χ0) is 13.3. The fourth-order valence-corrected chi connectivity index (χ4v) is 2.72.